The van der Waals surface area contributed by atoms with Gasteiger partial charge in [0, 0.05) is 24.6 Å². The van der Waals surface area contributed by atoms with E-state index in [2.05, 4.69) is 4.98 Å². The van der Waals surface area contributed by atoms with Gasteiger partial charge in [-0.05, 0) is 6.92 Å². The van der Waals surface area contributed by atoms with Crippen LogP contribution >= 0.6 is 11.3 Å². The van der Waals surface area contributed by atoms with Gasteiger partial charge in [0.15, 0.2) is 5.78 Å². The first-order valence-electron chi connectivity index (χ1n) is 8.20. The van der Waals surface area contributed by atoms with Gasteiger partial charge in [-0.15, -0.1) is 11.3 Å². The Balaban J connectivity index is 1.86. The Morgan fingerprint density at radius 1 is 1.38 bits per heavy atom. The summed E-state index contributed by atoms with van der Waals surface area (Å²) in [6, 6.07) is -0.365. The van der Waals surface area contributed by atoms with Crippen LogP contribution in [0.15, 0.2) is 18.2 Å². The molecule has 0 bridgehead atoms. The molecule has 0 radical (unpaired) electrons. The van der Waals surface area contributed by atoms with Crippen molar-refractivity contribution in [3.8, 4) is 0 Å². The van der Waals surface area contributed by atoms with E-state index in [1.54, 1.807) is 17.5 Å². The summed E-state index contributed by atoms with van der Waals surface area (Å²) in [5, 5.41) is 19.6. The van der Waals surface area contributed by atoms with E-state index in [0.717, 1.165) is 0 Å². The first kappa shape index (κ1) is 16.9. The van der Waals surface area contributed by atoms with E-state index < -0.39 is 18.0 Å². The number of thiazole rings is 1. The molecule has 2 aromatic heterocycles. The van der Waals surface area contributed by atoms with E-state index >= 15 is 0 Å². The first-order chi connectivity index (χ1) is 12.2. The Morgan fingerprint density at radius 2 is 2.08 bits per heavy atom. The van der Waals surface area contributed by atoms with Gasteiger partial charge in [0.1, 0.15) is 22.5 Å². The van der Waals surface area contributed by atoms with Crippen LogP contribution in [0.1, 0.15) is 36.1 Å². The van der Waals surface area contributed by atoms with Crippen LogP contribution in [0.3, 0.4) is 0 Å². The zero-order valence-electron chi connectivity index (χ0n) is 14.3. The van der Waals surface area contributed by atoms with E-state index in [0.29, 0.717) is 21.0 Å². The highest BCUT2D eigenvalue weighted by molar-refractivity contribution is 7.18. The average Bonchev–Trinajstić information content (AvgIpc) is 3.16. The summed E-state index contributed by atoms with van der Waals surface area (Å²) in [5.41, 5.74) is 0.860. The van der Waals surface area contributed by atoms with Crippen molar-refractivity contribution in [2.75, 3.05) is 0 Å². The van der Waals surface area contributed by atoms with E-state index in [1.807, 2.05) is 6.92 Å². The monoisotopic (exact) mass is 375 g/mol. The second kappa shape index (κ2) is 5.49. The maximum Gasteiger partial charge on any atom is 0.352 e. The summed E-state index contributed by atoms with van der Waals surface area (Å²) in [6.45, 7) is 4.84. The van der Waals surface area contributed by atoms with Gasteiger partial charge in [0.25, 0.3) is 0 Å². The topological polar surface area (TPSA) is 112 Å². The zero-order valence-corrected chi connectivity index (χ0v) is 15.1. The third kappa shape index (κ3) is 2.04. The Bertz CT molecular complexity index is 1000. The van der Waals surface area contributed by atoms with Crippen LogP contribution in [-0.4, -0.2) is 54.3 Å². The molecular formula is C17H17N3O5S. The van der Waals surface area contributed by atoms with E-state index in [9.17, 15) is 24.6 Å². The molecule has 1 fully saturated rings. The third-order valence-electron chi connectivity index (χ3n) is 5.18. The maximum atomic E-state index is 12.4. The molecule has 1 amide bonds. The number of aliphatic hydroxyl groups excluding tert-OH is 1. The third-order valence-corrected chi connectivity index (χ3v) is 6.33. The molecule has 2 aliphatic rings. The molecule has 4 atom stereocenters. The minimum absolute atomic E-state index is 0.0359. The van der Waals surface area contributed by atoms with Gasteiger partial charge in [-0.25, -0.2) is 9.78 Å². The van der Waals surface area contributed by atoms with Crippen LogP contribution in [0.4, 0.5) is 0 Å². The Morgan fingerprint density at radius 3 is 2.65 bits per heavy atom. The van der Waals surface area contributed by atoms with Crippen molar-refractivity contribution in [1.82, 2.24) is 14.3 Å². The smallest absolute Gasteiger partial charge is 0.352 e. The lowest BCUT2D eigenvalue weighted by Gasteiger charge is -2.46. The Labute approximate surface area is 152 Å². The number of rotatable bonds is 4. The summed E-state index contributed by atoms with van der Waals surface area (Å²) in [6.07, 6.45) is 2.42. The van der Waals surface area contributed by atoms with Crippen molar-refractivity contribution in [3.63, 3.8) is 0 Å². The number of nitrogens with zero attached hydrogens (tertiary/aromatic N) is 3. The van der Waals surface area contributed by atoms with Gasteiger partial charge < -0.3 is 15.1 Å². The van der Waals surface area contributed by atoms with Crippen molar-refractivity contribution in [3.05, 3.63) is 28.8 Å². The van der Waals surface area contributed by atoms with Gasteiger partial charge in [-0.2, -0.15) is 0 Å². The van der Waals surface area contributed by atoms with Crippen LogP contribution in [0, 0.1) is 11.8 Å². The molecule has 4 rings (SSSR count). The fraction of sp³-hybridized carbons (Fsp3) is 0.412. The lowest BCUT2D eigenvalue weighted by molar-refractivity contribution is -0.163. The number of carbonyl (C=O) groups is 3. The van der Waals surface area contributed by atoms with Crippen LogP contribution in [0.5, 0.6) is 0 Å². The molecule has 0 saturated carbocycles. The number of ketones is 1. The minimum atomic E-state index is -1.17. The zero-order chi connectivity index (χ0) is 18.9. The number of fused-ring (bicyclic) bond motifs is 2. The number of amides is 1. The number of carboxylic acids is 1. The highest BCUT2D eigenvalue weighted by Crippen LogP contribution is 2.51. The normalized spacial score (nSPS) is 26.2. The molecular weight excluding hydrogens is 358 g/mol. The lowest BCUT2D eigenvalue weighted by atomic mass is 9.77. The van der Waals surface area contributed by atoms with Crippen LogP contribution in [0.25, 0.3) is 10.4 Å². The molecule has 2 N–H and O–H groups in total. The number of β-lactam (4-membered cyclic amide) rings is 1. The van der Waals surface area contributed by atoms with Gasteiger partial charge in [0.05, 0.1) is 22.9 Å². The molecule has 1 saturated heterocycles. The number of hydrogen-bond acceptors (Lipinski definition) is 6. The number of aliphatic carboxylic acids is 1. The number of imidazole rings is 1. The van der Waals surface area contributed by atoms with Crippen molar-refractivity contribution >= 4 is 39.4 Å². The lowest BCUT2D eigenvalue weighted by Crippen LogP contribution is -2.63. The molecule has 0 aliphatic carbocycles. The molecule has 8 nitrogen and oxygen atoms in total. The predicted octanol–water partition coefficient (Wildman–Crippen LogP) is 1.25. The number of Topliss-reactive ketones (excluding diaryl/α,β-unsaturated/α-hetero) is 1. The fourth-order valence-corrected chi connectivity index (χ4v) is 5.32. The summed E-state index contributed by atoms with van der Waals surface area (Å²) in [4.78, 5) is 42.7. The van der Waals surface area contributed by atoms with Crippen molar-refractivity contribution in [1.29, 1.82) is 0 Å². The van der Waals surface area contributed by atoms with Crippen molar-refractivity contribution in [2.24, 2.45) is 11.8 Å². The fourth-order valence-electron chi connectivity index (χ4n) is 4.06. The molecule has 0 aromatic carbocycles. The highest BCUT2D eigenvalue weighted by atomic mass is 32.1. The van der Waals surface area contributed by atoms with Gasteiger partial charge >= 0.3 is 5.97 Å². The average molecular weight is 375 g/mol. The van der Waals surface area contributed by atoms with Gasteiger partial charge in [-0.3, -0.25) is 14.0 Å². The Kier molecular flexibility index (Phi) is 3.57. The molecule has 0 unspecified atom stereocenters. The molecule has 2 aromatic rings. The predicted molar refractivity (Wildman–Crippen MR) is 92.6 cm³/mol. The number of carboxylic acid groups (broad SMARTS) is 1. The molecule has 26 heavy (non-hydrogen) atoms. The number of hydrogen-bond donors (Lipinski definition) is 2. The van der Waals surface area contributed by atoms with Gasteiger partial charge in [0.2, 0.25) is 5.91 Å². The molecule has 136 valence electrons. The summed E-state index contributed by atoms with van der Waals surface area (Å²) in [5.74, 6) is -2.54. The number of carbonyl (C=O) groups excluding carboxylic acids is 2. The largest absolute Gasteiger partial charge is 0.477 e. The quantitative estimate of drug-likeness (QED) is 0.614. The number of aliphatic hydroxyl groups is 1. The van der Waals surface area contributed by atoms with Crippen molar-refractivity contribution < 1.29 is 24.6 Å². The summed E-state index contributed by atoms with van der Waals surface area (Å²) >= 11 is 1.28. The SMILES string of the molecule is CC(=O)c1ncn2cc(C3=C(C(=O)O)N4C(=O)[C@H]([C@@H](C)O)[C@@H]4[C@H]3C)sc12. The van der Waals surface area contributed by atoms with E-state index in [-0.39, 0.29) is 29.3 Å². The van der Waals surface area contributed by atoms with Crippen LogP contribution < -0.4 is 0 Å². The maximum absolute atomic E-state index is 12.4. The summed E-state index contributed by atoms with van der Waals surface area (Å²) in [7, 11) is 0. The van der Waals surface area contributed by atoms with Crippen LogP contribution in [-0.2, 0) is 9.59 Å². The first-order valence-corrected chi connectivity index (χ1v) is 9.02. The number of aromatic nitrogens is 2. The second-order valence-corrected chi connectivity index (χ2v) is 7.81. The molecule has 4 heterocycles. The highest BCUT2D eigenvalue weighted by Gasteiger charge is 2.60. The molecule has 0 spiro atoms. The van der Waals surface area contributed by atoms with Crippen LogP contribution in [0.2, 0.25) is 0 Å². The van der Waals surface area contributed by atoms with E-state index in [1.165, 1.54) is 29.5 Å². The van der Waals surface area contributed by atoms with E-state index in [4.69, 9.17) is 0 Å². The second-order valence-electron chi connectivity index (χ2n) is 6.78. The van der Waals surface area contributed by atoms with Gasteiger partial charge in [-0.1, -0.05) is 6.92 Å². The Hall–Kier alpha value is -2.52. The molecule has 9 heteroatoms. The standard InChI is InChI=1S/C17H17N3O5S/c1-6-10(9-4-19-5-18-12(8(3)22)16(19)26-9)14(17(24)25)20-13(6)11(7(2)21)15(20)23/h4-7,11,13,21H,1-3H3,(H,24,25)/t6-,7+,11+,13-/m0/s1. The molecule has 2 aliphatic heterocycles. The van der Waals surface area contributed by atoms with Crippen molar-refractivity contribution in [2.45, 2.75) is 32.9 Å². The summed E-state index contributed by atoms with van der Waals surface area (Å²) < 4.78 is 1.69. The minimum Gasteiger partial charge on any atom is -0.477 e.